The van der Waals surface area contributed by atoms with Crippen molar-refractivity contribution in [3.8, 4) is 11.3 Å². The van der Waals surface area contributed by atoms with Crippen molar-refractivity contribution >= 4 is 34.4 Å². The van der Waals surface area contributed by atoms with Crippen molar-refractivity contribution in [3.63, 3.8) is 0 Å². The van der Waals surface area contributed by atoms with Crippen LogP contribution in [0.1, 0.15) is 12.8 Å². The van der Waals surface area contributed by atoms with Gasteiger partial charge in [-0.1, -0.05) is 29.8 Å². The van der Waals surface area contributed by atoms with Crippen molar-refractivity contribution in [2.75, 3.05) is 32.1 Å². The van der Waals surface area contributed by atoms with Gasteiger partial charge in [-0.2, -0.15) is 0 Å². The second kappa shape index (κ2) is 8.16. The third kappa shape index (κ3) is 3.95. The molecular weight excluding hydrogens is 378 g/mol. The molecule has 0 radical (unpaired) electrons. The number of esters is 1. The normalized spacial score (nSPS) is 17.6. The van der Waals surface area contributed by atoms with E-state index in [1.165, 1.54) is 7.11 Å². The molecule has 7 nitrogen and oxygen atoms in total. The van der Waals surface area contributed by atoms with Crippen LogP contribution < -0.4 is 5.32 Å². The Bertz CT molecular complexity index is 990. The second-order valence-corrected chi connectivity index (χ2v) is 7.34. The number of fused-ring (bicyclic) bond motifs is 1. The number of methoxy groups -OCH3 is 1. The molecule has 0 saturated carbocycles. The molecule has 28 heavy (non-hydrogen) atoms. The van der Waals surface area contributed by atoms with Gasteiger partial charge in [-0.05, 0) is 25.5 Å². The SMILES string of the molecule is COC(=O)CN1CCCC(Nc2ncc(Cl)c(-c3c[nH]c4ccccc34)n2)C1. The van der Waals surface area contributed by atoms with E-state index < -0.39 is 0 Å². The van der Waals surface area contributed by atoms with Crippen molar-refractivity contribution in [1.29, 1.82) is 0 Å². The number of nitrogens with one attached hydrogen (secondary N) is 2. The number of hydrogen-bond acceptors (Lipinski definition) is 6. The molecule has 0 amide bonds. The Labute approximate surface area is 168 Å². The van der Waals surface area contributed by atoms with Crippen LogP contribution in [0.15, 0.2) is 36.7 Å². The fourth-order valence-corrected chi connectivity index (χ4v) is 3.83. The lowest BCUT2D eigenvalue weighted by atomic mass is 10.1. The van der Waals surface area contributed by atoms with Crippen molar-refractivity contribution < 1.29 is 9.53 Å². The van der Waals surface area contributed by atoms with Crippen LogP contribution in [0.3, 0.4) is 0 Å². The van der Waals surface area contributed by atoms with Crippen LogP contribution in [0.25, 0.3) is 22.2 Å². The van der Waals surface area contributed by atoms with E-state index in [9.17, 15) is 4.79 Å². The van der Waals surface area contributed by atoms with Gasteiger partial charge in [0.2, 0.25) is 5.95 Å². The van der Waals surface area contributed by atoms with E-state index in [2.05, 4.69) is 25.2 Å². The van der Waals surface area contributed by atoms with Gasteiger partial charge in [0, 0.05) is 35.2 Å². The maximum atomic E-state index is 11.5. The molecule has 4 rings (SSSR count). The molecule has 8 heteroatoms. The first kappa shape index (κ1) is 18.7. The number of piperidine rings is 1. The molecule has 1 fully saturated rings. The Kier molecular flexibility index (Phi) is 5.45. The minimum Gasteiger partial charge on any atom is -0.468 e. The van der Waals surface area contributed by atoms with Gasteiger partial charge in [-0.25, -0.2) is 9.97 Å². The lowest BCUT2D eigenvalue weighted by Crippen LogP contribution is -2.44. The fraction of sp³-hybridized carbons (Fsp3) is 0.350. The topological polar surface area (TPSA) is 83.1 Å². The Balaban J connectivity index is 1.53. The van der Waals surface area contributed by atoms with Gasteiger partial charge in [0.25, 0.3) is 0 Å². The lowest BCUT2D eigenvalue weighted by Gasteiger charge is -2.32. The molecule has 1 aliphatic heterocycles. The number of anilines is 1. The zero-order chi connectivity index (χ0) is 19.5. The lowest BCUT2D eigenvalue weighted by molar-refractivity contribution is -0.142. The highest BCUT2D eigenvalue weighted by molar-refractivity contribution is 6.33. The molecule has 0 bridgehead atoms. The number of nitrogens with zero attached hydrogens (tertiary/aromatic N) is 3. The molecule has 1 saturated heterocycles. The molecule has 3 aromatic rings. The largest absolute Gasteiger partial charge is 0.468 e. The van der Waals surface area contributed by atoms with Crippen LogP contribution in [0.5, 0.6) is 0 Å². The maximum absolute atomic E-state index is 11.5. The number of benzene rings is 1. The number of H-pyrrole nitrogens is 1. The van der Waals surface area contributed by atoms with Crippen LogP contribution in [0, 0.1) is 0 Å². The van der Waals surface area contributed by atoms with E-state index in [1.54, 1.807) is 6.20 Å². The van der Waals surface area contributed by atoms with E-state index in [4.69, 9.17) is 16.3 Å². The summed E-state index contributed by atoms with van der Waals surface area (Å²) in [6.45, 7) is 1.93. The van der Waals surface area contributed by atoms with Gasteiger partial charge in [-0.3, -0.25) is 9.69 Å². The number of rotatable bonds is 5. The molecule has 1 aliphatic rings. The minimum absolute atomic E-state index is 0.162. The Morgan fingerprint density at radius 2 is 2.29 bits per heavy atom. The summed E-state index contributed by atoms with van der Waals surface area (Å²) in [5.41, 5.74) is 2.67. The van der Waals surface area contributed by atoms with Gasteiger partial charge in [0.15, 0.2) is 0 Å². The standard InChI is InChI=1S/C20H22ClN5O2/c1-28-18(27)12-26-8-4-5-13(11-26)24-20-23-10-16(21)19(25-20)15-9-22-17-7-3-2-6-14(15)17/h2-3,6-7,9-10,13,22H,4-5,8,11-12H2,1H3,(H,23,24,25). The fourth-order valence-electron chi connectivity index (χ4n) is 3.64. The monoisotopic (exact) mass is 399 g/mol. The highest BCUT2D eigenvalue weighted by atomic mass is 35.5. The number of likely N-dealkylation sites (tertiary alicyclic amines) is 1. The molecule has 2 N–H and O–H groups in total. The summed E-state index contributed by atoms with van der Waals surface area (Å²) >= 11 is 6.40. The quantitative estimate of drug-likeness (QED) is 0.640. The van der Waals surface area contributed by atoms with Crippen molar-refractivity contribution in [1.82, 2.24) is 19.9 Å². The zero-order valence-corrected chi connectivity index (χ0v) is 16.4. The number of halogens is 1. The van der Waals surface area contributed by atoms with Crippen molar-refractivity contribution in [2.24, 2.45) is 0 Å². The first-order valence-corrected chi connectivity index (χ1v) is 9.66. The Hall–Kier alpha value is -2.64. The van der Waals surface area contributed by atoms with Crippen LogP contribution in [-0.2, 0) is 9.53 Å². The molecular formula is C20H22ClN5O2. The minimum atomic E-state index is -0.218. The zero-order valence-electron chi connectivity index (χ0n) is 15.6. The summed E-state index contributed by atoms with van der Waals surface area (Å²) in [5, 5.41) is 4.97. The summed E-state index contributed by atoms with van der Waals surface area (Å²) in [6.07, 6.45) is 5.54. The first-order valence-electron chi connectivity index (χ1n) is 9.29. The third-order valence-corrected chi connectivity index (χ3v) is 5.28. The molecule has 1 atom stereocenters. The van der Waals surface area contributed by atoms with E-state index in [-0.39, 0.29) is 12.0 Å². The van der Waals surface area contributed by atoms with Gasteiger partial charge in [0.1, 0.15) is 0 Å². The highest BCUT2D eigenvalue weighted by Gasteiger charge is 2.23. The highest BCUT2D eigenvalue weighted by Crippen LogP contribution is 2.32. The molecule has 0 spiro atoms. The first-order chi connectivity index (χ1) is 13.6. The van der Waals surface area contributed by atoms with Crippen molar-refractivity contribution in [3.05, 3.63) is 41.7 Å². The Morgan fingerprint density at radius 1 is 1.43 bits per heavy atom. The smallest absolute Gasteiger partial charge is 0.319 e. The predicted octanol–water partition coefficient (Wildman–Crippen LogP) is 3.33. The molecule has 0 aliphatic carbocycles. The number of carbonyl (C=O) groups excluding carboxylic acids is 1. The number of carbonyl (C=O) groups is 1. The number of aromatic nitrogens is 3. The third-order valence-electron chi connectivity index (χ3n) is 5.01. The molecule has 1 aromatic carbocycles. The maximum Gasteiger partial charge on any atom is 0.319 e. The Morgan fingerprint density at radius 3 is 3.14 bits per heavy atom. The number of ether oxygens (including phenoxy) is 1. The summed E-state index contributed by atoms with van der Waals surface area (Å²) < 4.78 is 4.77. The van der Waals surface area contributed by atoms with Gasteiger partial charge in [0.05, 0.1) is 30.6 Å². The van der Waals surface area contributed by atoms with E-state index in [0.29, 0.717) is 23.2 Å². The summed E-state index contributed by atoms with van der Waals surface area (Å²) in [5.74, 6) is 0.319. The van der Waals surface area contributed by atoms with Crippen LogP contribution in [0.4, 0.5) is 5.95 Å². The summed E-state index contributed by atoms with van der Waals surface area (Å²) in [7, 11) is 1.41. The van der Waals surface area contributed by atoms with E-state index >= 15 is 0 Å². The summed E-state index contributed by atoms with van der Waals surface area (Å²) in [6, 6.07) is 8.20. The van der Waals surface area contributed by atoms with Crippen LogP contribution >= 0.6 is 11.6 Å². The van der Waals surface area contributed by atoms with Gasteiger partial charge >= 0.3 is 5.97 Å². The van der Waals surface area contributed by atoms with Gasteiger partial charge in [-0.15, -0.1) is 0 Å². The average Bonchev–Trinajstić information content (AvgIpc) is 3.13. The number of para-hydroxylation sites is 1. The van der Waals surface area contributed by atoms with E-state index in [0.717, 1.165) is 42.4 Å². The molecule has 3 heterocycles. The number of aromatic amines is 1. The molecule has 2 aromatic heterocycles. The van der Waals surface area contributed by atoms with E-state index in [1.807, 2.05) is 30.5 Å². The second-order valence-electron chi connectivity index (χ2n) is 6.93. The van der Waals surface area contributed by atoms with Crippen LogP contribution in [0.2, 0.25) is 5.02 Å². The van der Waals surface area contributed by atoms with Crippen molar-refractivity contribution in [2.45, 2.75) is 18.9 Å². The average molecular weight is 400 g/mol. The predicted molar refractivity (Wildman–Crippen MR) is 109 cm³/mol. The molecule has 146 valence electrons. The molecule has 1 unspecified atom stereocenters. The van der Waals surface area contributed by atoms with Crippen LogP contribution in [-0.4, -0.2) is 58.6 Å². The summed E-state index contributed by atoms with van der Waals surface area (Å²) in [4.78, 5) is 25.9. The van der Waals surface area contributed by atoms with Gasteiger partial charge < -0.3 is 15.0 Å². The number of hydrogen-bond donors (Lipinski definition) is 2.